The predicted molar refractivity (Wildman–Crippen MR) is 453 cm³/mol. The van der Waals surface area contributed by atoms with Crippen LogP contribution in [0.3, 0.4) is 0 Å². The number of hydrogen-bond acceptors (Lipinski definition) is 12. The Kier molecular flexibility index (Phi) is 30.5. The summed E-state index contributed by atoms with van der Waals surface area (Å²) in [5.74, 6) is -3.35. The zero-order valence-corrected chi connectivity index (χ0v) is 69.1. The smallest absolute Gasteiger partial charge is 0.256 e. The lowest BCUT2D eigenvalue weighted by molar-refractivity contribution is -0.111. The molecule has 0 saturated carbocycles. The van der Waals surface area contributed by atoms with Gasteiger partial charge >= 0.3 is 0 Å². The first-order valence-electron chi connectivity index (χ1n) is 39.5. The van der Waals surface area contributed by atoms with Gasteiger partial charge in [-0.2, -0.15) is 0 Å². The number of nitrogens with zero attached hydrogens (tertiary/aromatic N) is 4. The van der Waals surface area contributed by atoms with Gasteiger partial charge in [-0.05, 0) is 227 Å². The van der Waals surface area contributed by atoms with Crippen LogP contribution in [0.5, 0.6) is 0 Å². The van der Waals surface area contributed by atoms with Crippen molar-refractivity contribution in [3.63, 3.8) is 0 Å². The van der Waals surface area contributed by atoms with Crippen LogP contribution in [0, 0.1) is 78.7 Å². The highest BCUT2D eigenvalue weighted by molar-refractivity contribution is 6.37. The van der Waals surface area contributed by atoms with Crippen molar-refractivity contribution in [1.82, 2.24) is 60.8 Å². The summed E-state index contributed by atoms with van der Waals surface area (Å²) in [4.78, 5) is 122. The third-order valence-electron chi connectivity index (χ3n) is 21.5. The molecule has 0 bridgehead atoms. The summed E-state index contributed by atoms with van der Waals surface area (Å²) in [5, 5.41) is 22.8. The molecule has 8 amide bonds. The number of amides is 8. The Bertz CT molecular complexity index is 4520. The topological polar surface area (TPSA) is 309 Å². The molecule has 0 spiro atoms. The van der Waals surface area contributed by atoms with E-state index in [1.165, 1.54) is 48.5 Å². The number of halogens is 4. The Balaban J connectivity index is 0.000000177. The summed E-state index contributed by atoms with van der Waals surface area (Å²) >= 11 is 0. The van der Waals surface area contributed by atoms with E-state index in [1.807, 2.05) is 55.4 Å². The molecule has 0 aliphatic carbocycles. The SMILES string of the molecule is CCN(CC)CCNC(=O)c1c(C)[nH]c(/C=C2\C(=O)Nc3ccc(F)cc32)c1C.CCN(CC)CCNC(=O)c1c(C)[nH]c(/C=C2\C(=O)Nc3ccc(F)cc32)c1C.CCN(CC)CCNC(=O)c1c(C)[nH]c(/C=C2\C(=O)Nc3ccc(F)cc32)c1C.CCN(CC)CCNC(=O)c1c(C)[nH]c(/C=C2\C(=O)Nc3ccc(F)cc32)c1C. The fourth-order valence-corrected chi connectivity index (χ4v) is 14.7. The van der Waals surface area contributed by atoms with Gasteiger partial charge in [0.15, 0.2) is 0 Å². The molecule has 616 valence electrons. The van der Waals surface area contributed by atoms with Crippen molar-refractivity contribution in [2.75, 3.05) is 126 Å². The zero-order chi connectivity index (χ0) is 84.5. The van der Waals surface area contributed by atoms with Crippen LogP contribution in [0.4, 0.5) is 40.3 Å². The number of nitrogens with one attached hydrogen (secondary N) is 12. The second-order valence-corrected chi connectivity index (χ2v) is 28.6. The fraction of sp³-hybridized carbons (Fsp3) is 0.364. The summed E-state index contributed by atoms with van der Waals surface area (Å²) in [6.45, 7) is 44.4. The van der Waals surface area contributed by atoms with Gasteiger partial charge < -0.3 is 82.1 Å². The molecule has 4 aromatic heterocycles. The van der Waals surface area contributed by atoms with Crippen molar-refractivity contribution in [2.24, 2.45) is 0 Å². The first-order chi connectivity index (χ1) is 55.4. The Hall–Kier alpha value is -11.7. The second-order valence-electron chi connectivity index (χ2n) is 28.6. The van der Waals surface area contributed by atoms with Gasteiger partial charge in [-0.3, -0.25) is 38.4 Å². The number of carbonyl (C=O) groups is 8. The minimum absolute atomic E-state index is 0.143. The normalized spacial score (nSPS) is 14.4. The van der Waals surface area contributed by atoms with Gasteiger partial charge in [0.25, 0.3) is 47.3 Å². The van der Waals surface area contributed by atoms with Gasteiger partial charge in [0.1, 0.15) is 23.3 Å². The average molecular weight is 1590 g/mol. The van der Waals surface area contributed by atoms with E-state index in [1.54, 1.807) is 48.6 Å². The molecule has 0 atom stereocenters. The van der Waals surface area contributed by atoms with Crippen molar-refractivity contribution in [3.8, 4) is 0 Å². The number of H-pyrrole nitrogens is 4. The Morgan fingerprint density at radius 3 is 0.664 bits per heavy atom. The molecule has 12 rings (SSSR count). The molecule has 0 unspecified atom stereocenters. The number of hydrogen-bond donors (Lipinski definition) is 12. The molecule has 4 aromatic carbocycles. The first-order valence-corrected chi connectivity index (χ1v) is 39.5. The van der Waals surface area contributed by atoms with Crippen molar-refractivity contribution >= 4 is 117 Å². The second kappa shape index (κ2) is 40.0. The lowest BCUT2D eigenvalue weighted by Gasteiger charge is -2.18. The van der Waals surface area contributed by atoms with Crippen LogP contribution in [-0.2, 0) is 19.2 Å². The summed E-state index contributed by atoms with van der Waals surface area (Å²) in [6.07, 6.45) is 6.70. The van der Waals surface area contributed by atoms with Crippen LogP contribution in [0.2, 0.25) is 0 Å². The van der Waals surface area contributed by atoms with E-state index in [4.69, 9.17) is 0 Å². The average Bonchev–Trinajstić information content (AvgIpc) is 1.65. The summed E-state index contributed by atoms with van der Waals surface area (Å²) < 4.78 is 54.6. The molecule has 8 aromatic rings. The highest BCUT2D eigenvalue weighted by Gasteiger charge is 2.32. The summed E-state index contributed by atoms with van der Waals surface area (Å²) in [5.41, 5.74) is 16.8. The van der Waals surface area contributed by atoms with Crippen LogP contribution >= 0.6 is 0 Å². The molecule has 0 fully saturated rings. The van der Waals surface area contributed by atoms with E-state index in [2.05, 4.69) is 137 Å². The predicted octanol–water partition coefficient (Wildman–Crippen LogP) is 13.3. The molecule has 12 N–H and O–H groups in total. The number of anilines is 4. The highest BCUT2D eigenvalue weighted by Crippen LogP contribution is 2.39. The van der Waals surface area contributed by atoms with E-state index in [-0.39, 0.29) is 47.3 Å². The van der Waals surface area contributed by atoms with Crippen molar-refractivity contribution in [3.05, 3.63) is 208 Å². The molecular formula is C88H108F4N16O8. The van der Waals surface area contributed by atoms with Crippen LogP contribution in [0.15, 0.2) is 72.8 Å². The van der Waals surface area contributed by atoms with E-state index in [0.717, 1.165) is 124 Å². The van der Waals surface area contributed by atoms with Gasteiger partial charge in [-0.1, -0.05) is 55.4 Å². The molecule has 4 aliphatic rings. The van der Waals surface area contributed by atoms with E-state index < -0.39 is 23.3 Å². The maximum Gasteiger partial charge on any atom is 0.256 e. The van der Waals surface area contributed by atoms with E-state index >= 15 is 0 Å². The lowest BCUT2D eigenvalue weighted by atomic mass is 10.0. The zero-order valence-electron chi connectivity index (χ0n) is 69.1. The number of rotatable bonds is 28. The van der Waals surface area contributed by atoms with Gasteiger partial charge in [-0.25, -0.2) is 17.6 Å². The van der Waals surface area contributed by atoms with E-state index in [9.17, 15) is 55.9 Å². The molecule has 116 heavy (non-hydrogen) atoms. The Morgan fingerprint density at radius 2 is 0.491 bits per heavy atom. The number of likely N-dealkylation sites (N-methyl/N-ethyl adjacent to an activating group) is 4. The fourth-order valence-electron chi connectivity index (χ4n) is 14.7. The largest absolute Gasteiger partial charge is 0.358 e. The molecule has 24 nitrogen and oxygen atoms in total. The summed E-state index contributed by atoms with van der Waals surface area (Å²) in [6, 6.07) is 16.8. The quantitative estimate of drug-likeness (QED) is 0.0161. The Morgan fingerprint density at radius 1 is 0.310 bits per heavy atom. The maximum absolute atomic E-state index is 13.7. The summed E-state index contributed by atoms with van der Waals surface area (Å²) in [7, 11) is 0. The molecule has 0 saturated heterocycles. The lowest BCUT2D eigenvalue weighted by Crippen LogP contribution is -2.35. The van der Waals surface area contributed by atoms with Crippen molar-refractivity contribution in [2.45, 2.75) is 111 Å². The minimum Gasteiger partial charge on any atom is -0.358 e. The molecule has 28 heteroatoms. The third kappa shape index (κ3) is 20.9. The maximum atomic E-state index is 13.7. The van der Waals surface area contributed by atoms with Gasteiger partial charge in [0.2, 0.25) is 0 Å². The standard InChI is InChI=1S/4C22H27FN4O2/c4*1-5-27(6-2)10-9-24-22(29)20-13(3)19(25-14(20)4)12-17-16-11-15(23)7-8-18(16)26-21(17)28/h4*7-8,11-12,25H,5-6,9-10H2,1-4H3,(H,24,29)(H,26,28)/b4*17-12-. The van der Waals surface area contributed by atoms with Crippen molar-refractivity contribution < 1.29 is 55.9 Å². The van der Waals surface area contributed by atoms with Crippen LogP contribution < -0.4 is 42.5 Å². The minimum atomic E-state index is -0.404. The van der Waals surface area contributed by atoms with Gasteiger partial charge in [0, 0.05) is 143 Å². The van der Waals surface area contributed by atoms with Crippen LogP contribution in [0.25, 0.3) is 46.6 Å². The molecule has 8 heterocycles. The highest BCUT2D eigenvalue weighted by atomic mass is 19.1. The number of fused-ring (bicyclic) bond motifs is 4. The van der Waals surface area contributed by atoms with Crippen molar-refractivity contribution in [1.29, 1.82) is 0 Å². The first kappa shape index (κ1) is 88.2. The number of carbonyl (C=O) groups excluding carboxylic acids is 8. The Labute approximate surface area is 675 Å². The monoisotopic (exact) mass is 1590 g/mol. The number of aryl methyl sites for hydroxylation is 4. The van der Waals surface area contributed by atoms with Gasteiger partial charge in [-0.15, -0.1) is 0 Å². The number of benzene rings is 4. The molecule has 0 radical (unpaired) electrons. The van der Waals surface area contributed by atoms with Crippen LogP contribution in [-0.4, -0.2) is 192 Å². The van der Waals surface area contributed by atoms with Gasteiger partial charge in [0.05, 0.1) is 44.5 Å². The number of aromatic nitrogens is 4. The third-order valence-corrected chi connectivity index (χ3v) is 21.5. The molecule has 4 aliphatic heterocycles. The number of aromatic amines is 4. The van der Waals surface area contributed by atoms with E-state index in [0.29, 0.717) is 139 Å². The molecular weight excluding hydrogens is 1490 g/mol. The van der Waals surface area contributed by atoms with Crippen LogP contribution in [0.1, 0.15) is 187 Å².